The number of hydrogen-bond donors (Lipinski definition) is 2. The zero-order chi connectivity index (χ0) is 24.4. The van der Waals surface area contributed by atoms with Gasteiger partial charge in [0.1, 0.15) is 5.92 Å². The lowest BCUT2D eigenvalue weighted by atomic mass is 9.90. The number of likely N-dealkylation sites (tertiary alicyclic amines) is 1. The molecule has 1 fully saturated rings. The number of nitrogens with zero attached hydrogens (tertiary/aromatic N) is 2. The Hall–Kier alpha value is -3.48. The molecule has 35 heavy (non-hydrogen) atoms. The van der Waals surface area contributed by atoms with E-state index in [1.54, 1.807) is 12.1 Å². The van der Waals surface area contributed by atoms with E-state index >= 15 is 0 Å². The van der Waals surface area contributed by atoms with Crippen LogP contribution in [0.15, 0.2) is 71.7 Å². The van der Waals surface area contributed by atoms with E-state index in [2.05, 4.69) is 22.3 Å². The van der Waals surface area contributed by atoms with Gasteiger partial charge < -0.3 is 10.4 Å². The van der Waals surface area contributed by atoms with Gasteiger partial charge >= 0.3 is 5.97 Å². The average molecular weight is 488 g/mol. The molecule has 2 N–H and O–H groups in total. The van der Waals surface area contributed by atoms with Gasteiger partial charge in [-0.05, 0) is 72.5 Å². The van der Waals surface area contributed by atoms with Gasteiger partial charge in [-0.15, -0.1) is 0 Å². The molecule has 0 bridgehead atoms. The van der Waals surface area contributed by atoms with Crippen LogP contribution < -0.4 is 5.32 Å². The Bertz CT molecular complexity index is 1280. The van der Waals surface area contributed by atoms with Crippen molar-refractivity contribution in [2.45, 2.75) is 31.7 Å². The number of rotatable bonds is 8. The van der Waals surface area contributed by atoms with E-state index in [0.717, 1.165) is 42.0 Å². The van der Waals surface area contributed by atoms with Crippen molar-refractivity contribution in [2.24, 2.45) is 4.99 Å². The molecule has 6 nitrogen and oxygen atoms in total. The molecule has 1 atom stereocenters. The molecule has 3 aromatic carbocycles. The lowest BCUT2D eigenvalue weighted by Crippen LogP contribution is -2.36. The summed E-state index contributed by atoms with van der Waals surface area (Å²) in [4.78, 5) is 31.4. The molecule has 0 spiro atoms. The number of amides is 1. The molecule has 0 aromatic heterocycles. The van der Waals surface area contributed by atoms with Crippen molar-refractivity contribution in [3.8, 4) is 0 Å². The van der Waals surface area contributed by atoms with E-state index in [1.165, 1.54) is 12.0 Å². The molecule has 178 valence electrons. The first kappa shape index (κ1) is 23.3. The fourth-order valence-electron chi connectivity index (χ4n) is 4.51. The number of anilines is 1. The van der Waals surface area contributed by atoms with Gasteiger partial charge in [-0.1, -0.05) is 54.1 Å². The summed E-state index contributed by atoms with van der Waals surface area (Å²) in [6.07, 6.45) is 1.78. The number of fused-ring (bicyclic) bond motifs is 1. The van der Waals surface area contributed by atoms with Crippen LogP contribution >= 0.6 is 11.6 Å². The number of carboxylic acids is 1. The SMILES string of the molecule is O=C(O)CCc1ccc(C(=Nc2ccc(CN3CCC3)cc2)C2C(=O)Nc3cc(Cl)ccc32)cc1. The van der Waals surface area contributed by atoms with Crippen molar-refractivity contribution < 1.29 is 14.7 Å². The molecule has 0 radical (unpaired) electrons. The zero-order valence-corrected chi connectivity index (χ0v) is 20.0. The van der Waals surface area contributed by atoms with Crippen molar-refractivity contribution in [3.05, 3.63) is 94.0 Å². The predicted molar refractivity (Wildman–Crippen MR) is 138 cm³/mol. The molecule has 1 saturated heterocycles. The summed E-state index contributed by atoms with van der Waals surface area (Å²) in [5.74, 6) is -1.55. The molecule has 7 heteroatoms. The van der Waals surface area contributed by atoms with E-state index in [0.29, 0.717) is 22.8 Å². The fourth-order valence-corrected chi connectivity index (χ4v) is 4.68. The van der Waals surface area contributed by atoms with Crippen LogP contribution in [0.2, 0.25) is 5.02 Å². The summed E-state index contributed by atoms with van der Waals surface area (Å²) in [7, 11) is 0. The first-order valence-electron chi connectivity index (χ1n) is 11.8. The first-order chi connectivity index (χ1) is 17.0. The molecule has 3 aromatic rings. The Morgan fingerprint density at radius 1 is 1.03 bits per heavy atom. The number of aliphatic imine (C=N–C) groups is 1. The maximum absolute atomic E-state index is 13.1. The second-order valence-electron chi connectivity index (χ2n) is 9.04. The van der Waals surface area contributed by atoms with Gasteiger partial charge in [-0.3, -0.25) is 19.5 Å². The third-order valence-electron chi connectivity index (χ3n) is 6.54. The monoisotopic (exact) mass is 487 g/mol. The van der Waals surface area contributed by atoms with Crippen molar-refractivity contribution in [1.29, 1.82) is 0 Å². The number of aliphatic carboxylic acids is 1. The third kappa shape index (κ3) is 5.29. The van der Waals surface area contributed by atoms with Crippen LogP contribution in [0.5, 0.6) is 0 Å². The van der Waals surface area contributed by atoms with Crippen LogP contribution in [0.4, 0.5) is 11.4 Å². The van der Waals surface area contributed by atoms with E-state index < -0.39 is 11.9 Å². The molecular formula is C28H26ClN3O3. The Morgan fingerprint density at radius 3 is 2.40 bits per heavy atom. The van der Waals surface area contributed by atoms with Crippen LogP contribution in [-0.4, -0.2) is 40.7 Å². The van der Waals surface area contributed by atoms with Crippen molar-refractivity contribution >= 4 is 40.6 Å². The summed E-state index contributed by atoms with van der Waals surface area (Å²) < 4.78 is 0. The van der Waals surface area contributed by atoms with Crippen LogP contribution in [0.3, 0.4) is 0 Å². The van der Waals surface area contributed by atoms with Gasteiger partial charge in [0, 0.05) is 23.7 Å². The minimum atomic E-state index is -0.827. The summed E-state index contributed by atoms with van der Waals surface area (Å²) in [6.45, 7) is 3.23. The van der Waals surface area contributed by atoms with Crippen molar-refractivity contribution in [3.63, 3.8) is 0 Å². The van der Waals surface area contributed by atoms with Gasteiger partial charge in [0.15, 0.2) is 0 Å². The highest BCUT2D eigenvalue weighted by atomic mass is 35.5. The van der Waals surface area contributed by atoms with Gasteiger partial charge in [-0.2, -0.15) is 0 Å². The molecule has 5 rings (SSSR count). The molecule has 1 amide bonds. The topological polar surface area (TPSA) is 82.0 Å². The molecule has 2 aliphatic heterocycles. The molecule has 0 aliphatic carbocycles. The number of carbonyl (C=O) groups is 2. The number of carbonyl (C=O) groups excluding carboxylic acids is 1. The molecular weight excluding hydrogens is 462 g/mol. The molecule has 2 aliphatic rings. The maximum atomic E-state index is 13.1. The highest BCUT2D eigenvalue weighted by molar-refractivity contribution is 6.31. The predicted octanol–water partition coefficient (Wildman–Crippen LogP) is 5.42. The Labute approximate surface area is 209 Å². The van der Waals surface area contributed by atoms with Crippen LogP contribution in [-0.2, 0) is 22.6 Å². The lowest BCUT2D eigenvalue weighted by molar-refractivity contribution is -0.137. The van der Waals surface area contributed by atoms with E-state index in [1.807, 2.05) is 42.5 Å². The summed E-state index contributed by atoms with van der Waals surface area (Å²) >= 11 is 6.15. The lowest BCUT2D eigenvalue weighted by Gasteiger charge is -2.30. The van der Waals surface area contributed by atoms with E-state index in [-0.39, 0.29) is 12.3 Å². The minimum Gasteiger partial charge on any atom is -0.481 e. The number of hydrogen-bond acceptors (Lipinski definition) is 4. The van der Waals surface area contributed by atoms with Gasteiger partial charge in [-0.25, -0.2) is 0 Å². The molecule has 1 unspecified atom stereocenters. The maximum Gasteiger partial charge on any atom is 0.303 e. The quantitative estimate of drug-likeness (QED) is 0.416. The largest absolute Gasteiger partial charge is 0.481 e. The number of nitrogens with one attached hydrogen (secondary N) is 1. The second-order valence-corrected chi connectivity index (χ2v) is 9.47. The first-order valence-corrected chi connectivity index (χ1v) is 12.2. The minimum absolute atomic E-state index is 0.0727. The zero-order valence-electron chi connectivity index (χ0n) is 19.2. The van der Waals surface area contributed by atoms with E-state index in [9.17, 15) is 9.59 Å². The molecule has 0 saturated carbocycles. The number of halogens is 1. The molecule has 2 heterocycles. The number of carboxylic acid groups (broad SMARTS) is 1. The van der Waals surface area contributed by atoms with Crippen LogP contribution in [0, 0.1) is 0 Å². The van der Waals surface area contributed by atoms with Crippen molar-refractivity contribution in [2.75, 3.05) is 18.4 Å². The number of aryl methyl sites for hydroxylation is 1. The summed E-state index contributed by atoms with van der Waals surface area (Å²) in [5.41, 5.74) is 5.93. The second kappa shape index (κ2) is 10.0. The third-order valence-corrected chi connectivity index (χ3v) is 6.77. The van der Waals surface area contributed by atoms with Crippen molar-refractivity contribution in [1.82, 2.24) is 4.90 Å². The average Bonchev–Trinajstić information content (AvgIpc) is 3.14. The van der Waals surface area contributed by atoms with Gasteiger partial charge in [0.2, 0.25) is 5.91 Å². The van der Waals surface area contributed by atoms with Crippen LogP contribution in [0.1, 0.15) is 41.0 Å². The highest BCUT2D eigenvalue weighted by Crippen LogP contribution is 2.37. The smallest absolute Gasteiger partial charge is 0.303 e. The van der Waals surface area contributed by atoms with Gasteiger partial charge in [0.05, 0.1) is 11.4 Å². The summed E-state index contributed by atoms with van der Waals surface area (Å²) in [6, 6.07) is 21.2. The Balaban J connectivity index is 1.49. The van der Waals surface area contributed by atoms with E-state index in [4.69, 9.17) is 21.7 Å². The van der Waals surface area contributed by atoms with Gasteiger partial charge in [0.25, 0.3) is 0 Å². The van der Waals surface area contributed by atoms with Crippen LogP contribution in [0.25, 0.3) is 0 Å². The fraction of sp³-hybridized carbons (Fsp3) is 0.250. The Morgan fingerprint density at radius 2 is 1.74 bits per heavy atom. The number of benzene rings is 3. The Kier molecular flexibility index (Phi) is 6.66. The standard InChI is InChI=1S/C28H26ClN3O3/c29-21-9-12-23-24(16-21)31-28(35)26(23)27(20-7-2-18(3-8-20)6-13-25(33)34)30-22-10-4-19(5-11-22)17-32-14-1-15-32/h2-5,7-12,16,26H,1,6,13-15,17H2,(H,31,35)(H,33,34). The summed E-state index contributed by atoms with van der Waals surface area (Å²) in [5, 5.41) is 12.5. The normalized spacial score (nSPS) is 17.6. The highest BCUT2D eigenvalue weighted by Gasteiger charge is 2.35.